The summed E-state index contributed by atoms with van der Waals surface area (Å²) in [5.74, 6) is 0. The SMILES string of the molecule is CCCC/C=C/CCCCCCCCCCCCO[C@H]1CO[C@H]([C@H](O)CO)[C@@H]1O. The average molecular weight is 415 g/mol. The molecule has 1 saturated heterocycles. The molecular formula is C24H46O5. The number of hydrogen-bond donors (Lipinski definition) is 3. The maximum absolute atomic E-state index is 10.1. The van der Waals surface area contributed by atoms with Gasteiger partial charge in [0.05, 0.1) is 13.2 Å². The highest BCUT2D eigenvalue weighted by molar-refractivity contribution is 4.88. The lowest BCUT2D eigenvalue weighted by Crippen LogP contribution is -2.41. The number of hydrogen-bond acceptors (Lipinski definition) is 5. The van der Waals surface area contributed by atoms with Crippen molar-refractivity contribution in [2.24, 2.45) is 0 Å². The van der Waals surface area contributed by atoms with E-state index in [1.807, 2.05) is 0 Å². The Hall–Kier alpha value is -0.460. The first-order chi connectivity index (χ1) is 14.2. The fourth-order valence-electron chi connectivity index (χ4n) is 3.77. The van der Waals surface area contributed by atoms with Gasteiger partial charge in [-0.3, -0.25) is 0 Å². The second kappa shape index (κ2) is 18.3. The van der Waals surface area contributed by atoms with Gasteiger partial charge in [0.25, 0.3) is 0 Å². The van der Waals surface area contributed by atoms with Gasteiger partial charge in [0.1, 0.15) is 24.4 Å². The molecular weight excluding hydrogens is 368 g/mol. The summed E-state index contributed by atoms with van der Waals surface area (Å²) in [6.45, 7) is 2.72. The molecule has 0 radical (unpaired) electrons. The van der Waals surface area contributed by atoms with Gasteiger partial charge in [-0.2, -0.15) is 0 Å². The van der Waals surface area contributed by atoms with Gasteiger partial charge < -0.3 is 24.8 Å². The van der Waals surface area contributed by atoms with Crippen molar-refractivity contribution in [1.82, 2.24) is 0 Å². The highest BCUT2D eigenvalue weighted by Crippen LogP contribution is 2.20. The van der Waals surface area contributed by atoms with Crippen LogP contribution in [0.5, 0.6) is 0 Å². The molecule has 1 aliphatic rings. The summed E-state index contributed by atoms with van der Waals surface area (Å²) in [7, 11) is 0. The van der Waals surface area contributed by atoms with E-state index in [1.54, 1.807) is 0 Å². The molecule has 1 aliphatic heterocycles. The van der Waals surface area contributed by atoms with E-state index in [0.717, 1.165) is 12.8 Å². The lowest BCUT2D eigenvalue weighted by atomic mass is 10.1. The summed E-state index contributed by atoms with van der Waals surface area (Å²) < 4.78 is 11.0. The second-order valence-electron chi connectivity index (χ2n) is 8.39. The summed E-state index contributed by atoms with van der Waals surface area (Å²) >= 11 is 0. The fourth-order valence-corrected chi connectivity index (χ4v) is 3.77. The molecule has 5 heteroatoms. The van der Waals surface area contributed by atoms with Crippen molar-refractivity contribution in [3.63, 3.8) is 0 Å². The van der Waals surface area contributed by atoms with Crippen LogP contribution < -0.4 is 0 Å². The van der Waals surface area contributed by atoms with Gasteiger partial charge in [-0.05, 0) is 25.7 Å². The predicted molar refractivity (Wildman–Crippen MR) is 118 cm³/mol. The van der Waals surface area contributed by atoms with E-state index in [1.165, 1.54) is 77.0 Å². The molecule has 1 heterocycles. The van der Waals surface area contributed by atoms with Crippen molar-refractivity contribution in [3.05, 3.63) is 12.2 Å². The largest absolute Gasteiger partial charge is 0.394 e. The second-order valence-corrected chi connectivity index (χ2v) is 8.39. The molecule has 4 atom stereocenters. The maximum Gasteiger partial charge on any atom is 0.114 e. The fraction of sp³-hybridized carbons (Fsp3) is 0.917. The molecule has 0 aromatic heterocycles. The minimum atomic E-state index is -1.05. The molecule has 1 rings (SSSR count). The summed E-state index contributed by atoms with van der Waals surface area (Å²) in [6.07, 6.45) is 19.5. The molecule has 172 valence electrons. The number of rotatable bonds is 19. The van der Waals surface area contributed by atoms with Crippen molar-refractivity contribution in [2.45, 2.75) is 121 Å². The highest BCUT2D eigenvalue weighted by Gasteiger charge is 2.40. The minimum absolute atomic E-state index is 0.276. The van der Waals surface area contributed by atoms with Crippen LogP contribution in [-0.4, -0.2) is 59.6 Å². The van der Waals surface area contributed by atoms with Crippen molar-refractivity contribution in [1.29, 1.82) is 0 Å². The number of ether oxygens (including phenoxy) is 2. The summed E-state index contributed by atoms with van der Waals surface area (Å²) in [4.78, 5) is 0. The monoisotopic (exact) mass is 414 g/mol. The molecule has 0 spiro atoms. The van der Waals surface area contributed by atoms with Crippen molar-refractivity contribution in [3.8, 4) is 0 Å². The zero-order chi connectivity index (χ0) is 21.2. The molecule has 5 nitrogen and oxygen atoms in total. The van der Waals surface area contributed by atoms with Gasteiger partial charge in [-0.1, -0.05) is 83.3 Å². The zero-order valence-corrected chi connectivity index (χ0v) is 18.6. The van der Waals surface area contributed by atoms with E-state index in [4.69, 9.17) is 14.6 Å². The van der Waals surface area contributed by atoms with Crippen LogP contribution in [-0.2, 0) is 9.47 Å². The van der Waals surface area contributed by atoms with Crippen LogP contribution in [0.2, 0.25) is 0 Å². The van der Waals surface area contributed by atoms with E-state index in [-0.39, 0.29) is 6.61 Å². The number of aliphatic hydroxyl groups excluding tert-OH is 3. The molecule has 0 aromatic rings. The van der Waals surface area contributed by atoms with Gasteiger partial charge >= 0.3 is 0 Å². The lowest BCUT2D eigenvalue weighted by molar-refractivity contribution is -0.0730. The molecule has 0 amide bonds. The van der Waals surface area contributed by atoms with Crippen LogP contribution in [0.4, 0.5) is 0 Å². The Kier molecular flexibility index (Phi) is 16.8. The maximum atomic E-state index is 10.1. The number of allylic oxidation sites excluding steroid dienone is 2. The topological polar surface area (TPSA) is 79.2 Å². The Morgan fingerprint density at radius 3 is 2.03 bits per heavy atom. The Morgan fingerprint density at radius 2 is 1.45 bits per heavy atom. The predicted octanol–water partition coefficient (Wildman–Crippen LogP) is 4.52. The molecule has 1 fully saturated rings. The van der Waals surface area contributed by atoms with Crippen LogP contribution in [0.25, 0.3) is 0 Å². The first-order valence-corrected chi connectivity index (χ1v) is 12.1. The van der Waals surface area contributed by atoms with E-state index in [2.05, 4.69) is 19.1 Å². The van der Waals surface area contributed by atoms with Crippen molar-refractivity contribution in [2.75, 3.05) is 19.8 Å². The molecule has 0 bridgehead atoms. The summed E-state index contributed by atoms with van der Waals surface area (Å²) in [5.41, 5.74) is 0. The number of aliphatic hydroxyl groups is 3. The smallest absolute Gasteiger partial charge is 0.114 e. The van der Waals surface area contributed by atoms with Crippen LogP contribution in [0.3, 0.4) is 0 Å². The normalized spacial score (nSPS) is 23.2. The molecule has 0 aromatic carbocycles. The van der Waals surface area contributed by atoms with Gasteiger partial charge in [-0.15, -0.1) is 0 Å². The molecule has 0 unspecified atom stereocenters. The third-order valence-electron chi connectivity index (χ3n) is 5.72. The Bertz CT molecular complexity index is 387. The quantitative estimate of drug-likeness (QED) is 0.214. The summed E-state index contributed by atoms with van der Waals surface area (Å²) in [6, 6.07) is 0. The molecule has 3 N–H and O–H groups in total. The minimum Gasteiger partial charge on any atom is -0.394 e. The standard InChI is InChI=1S/C24H46O5/c1-2-3-4-5-6-7-8-9-10-11-12-13-14-15-16-17-18-28-22-20-29-24(23(22)27)21(26)19-25/h5-6,21-27H,2-4,7-20H2,1H3/b6-5+/t21-,22+,23-,24-/m1/s1. The highest BCUT2D eigenvalue weighted by atomic mass is 16.6. The third kappa shape index (κ3) is 12.7. The van der Waals surface area contributed by atoms with Crippen LogP contribution >= 0.6 is 0 Å². The molecule has 0 aliphatic carbocycles. The van der Waals surface area contributed by atoms with Crippen molar-refractivity contribution < 1.29 is 24.8 Å². The zero-order valence-electron chi connectivity index (χ0n) is 18.6. The van der Waals surface area contributed by atoms with Gasteiger partial charge in [-0.25, -0.2) is 0 Å². The Morgan fingerprint density at radius 1 is 0.897 bits per heavy atom. The van der Waals surface area contributed by atoms with E-state index in [0.29, 0.717) is 6.61 Å². The van der Waals surface area contributed by atoms with Gasteiger partial charge in [0.2, 0.25) is 0 Å². The molecule has 0 saturated carbocycles. The van der Waals surface area contributed by atoms with E-state index in [9.17, 15) is 10.2 Å². The third-order valence-corrected chi connectivity index (χ3v) is 5.72. The van der Waals surface area contributed by atoms with Crippen LogP contribution in [0.15, 0.2) is 12.2 Å². The first-order valence-electron chi connectivity index (χ1n) is 12.1. The van der Waals surface area contributed by atoms with E-state index < -0.39 is 31.0 Å². The van der Waals surface area contributed by atoms with Crippen LogP contribution in [0, 0.1) is 0 Å². The molecule has 29 heavy (non-hydrogen) atoms. The first kappa shape index (κ1) is 26.6. The van der Waals surface area contributed by atoms with E-state index >= 15 is 0 Å². The average Bonchev–Trinajstić information content (AvgIpc) is 3.10. The summed E-state index contributed by atoms with van der Waals surface area (Å²) in [5, 5.41) is 28.6. The van der Waals surface area contributed by atoms with Gasteiger partial charge in [0, 0.05) is 6.61 Å². The number of unbranched alkanes of at least 4 members (excludes halogenated alkanes) is 12. The Balaban J connectivity index is 1.81. The van der Waals surface area contributed by atoms with Crippen molar-refractivity contribution >= 4 is 0 Å². The Labute approximate surface area is 178 Å². The van der Waals surface area contributed by atoms with Gasteiger partial charge in [0.15, 0.2) is 0 Å². The lowest BCUT2D eigenvalue weighted by Gasteiger charge is -2.20. The van der Waals surface area contributed by atoms with Crippen LogP contribution in [0.1, 0.15) is 96.8 Å².